The highest BCUT2D eigenvalue weighted by Crippen LogP contribution is 2.21. The molecule has 0 radical (unpaired) electrons. The fourth-order valence-corrected chi connectivity index (χ4v) is 2.52. The third kappa shape index (κ3) is 6.84. The number of hydrogen-bond acceptors (Lipinski definition) is 5. The van der Waals surface area contributed by atoms with Gasteiger partial charge in [0.05, 0.1) is 13.7 Å². The molecule has 0 aliphatic heterocycles. The number of hydrogen-bond donors (Lipinski definition) is 2. The minimum atomic E-state index is -0.994. The highest BCUT2D eigenvalue weighted by Gasteiger charge is 2.19. The van der Waals surface area contributed by atoms with Gasteiger partial charge in [-0.3, -0.25) is 4.79 Å². The number of esters is 1. The Bertz CT molecular complexity index is 467. The van der Waals surface area contributed by atoms with Crippen LogP contribution in [0.2, 0.25) is 5.02 Å². The zero-order valence-corrected chi connectivity index (χ0v) is 13.2. The monoisotopic (exact) mass is 331 g/mol. The molecule has 0 heterocycles. The van der Waals surface area contributed by atoms with E-state index in [1.165, 1.54) is 7.11 Å². The third-order valence-electron chi connectivity index (χ3n) is 2.63. The number of rotatable bonds is 8. The second-order valence-corrected chi connectivity index (χ2v) is 5.84. The summed E-state index contributed by atoms with van der Waals surface area (Å²) in [6.45, 7) is -0.474. The summed E-state index contributed by atoms with van der Waals surface area (Å²) in [5, 5.41) is 12.1. The zero-order valence-electron chi connectivity index (χ0n) is 11.7. The first-order chi connectivity index (χ1) is 10.1. The number of aliphatic hydroxyl groups excluding tert-OH is 1. The van der Waals surface area contributed by atoms with Crippen molar-refractivity contribution < 1.29 is 19.4 Å². The van der Waals surface area contributed by atoms with E-state index in [4.69, 9.17) is 16.7 Å². The van der Waals surface area contributed by atoms with Crippen LogP contribution in [0.15, 0.2) is 29.2 Å². The number of halogens is 1. The summed E-state index contributed by atoms with van der Waals surface area (Å²) in [6.07, 6.45) is 0.951. The molecule has 7 heteroatoms. The quantitative estimate of drug-likeness (QED) is 0.432. The van der Waals surface area contributed by atoms with Gasteiger partial charge in [-0.15, -0.1) is 11.8 Å². The molecule has 0 spiro atoms. The van der Waals surface area contributed by atoms with Gasteiger partial charge in [0, 0.05) is 16.3 Å². The van der Waals surface area contributed by atoms with Crippen molar-refractivity contribution in [1.82, 2.24) is 5.32 Å². The molecule has 0 aliphatic rings. The van der Waals surface area contributed by atoms with E-state index in [2.05, 4.69) is 10.1 Å². The fraction of sp³-hybridized carbons (Fsp3) is 0.429. The SMILES string of the molecule is COC(=O)[C@H](CO)NC(=O)CCCSc1ccc(Cl)cc1. The van der Waals surface area contributed by atoms with Crippen molar-refractivity contribution in [3.63, 3.8) is 0 Å². The zero-order chi connectivity index (χ0) is 15.7. The predicted octanol–water partition coefficient (Wildman–Crippen LogP) is 1.86. The minimum Gasteiger partial charge on any atom is -0.467 e. The number of methoxy groups -OCH3 is 1. The summed E-state index contributed by atoms with van der Waals surface area (Å²) in [6, 6.07) is 6.49. The van der Waals surface area contributed by atoms with E-state index in [-0.39, 0.29) is 12.3 Å². The standard InChI is InChI=1S/C14H18ClNO4S/c1-20-14(19)12(9-17)16-13(18)3-2-8-21-11-6-4-10(15)5-7-11/h4-7,12,17H,2-3,8-9H2,1H3,(H,16,18)/t12-/m0/s1. The van der Waals surface area contributed by atoms with Crippen molar-refractivity contribution in [3.05, 3.63) is 29.3 Å². The maximum Gasteiger partial charge on any atom is 0.330 e. The number of nitrogens with one attached hydrogen (secondary N) is 1. The van der Waals surface area contributed by atoms with Gasteiger partial charge < -0.3 is 15.2 Å². The highest BCUT2D eigenvalue weighted by atomic mass is 35.5. The Labute approximate surface area is 133 Å². The molecule has 0 unspecified atom stereocenters. The number of amides is 1. The first-order valence-corrected chi connectivity index (χ1v) is 7.79. The molecule has 0 saturated heterocycles. The number of carbonyl (C=O) groups excluding carboxylic acids is 2. The first-order valence-electron chi connectivity index (χ1n) is 6.43. The molecular formula is C14H18ClNO4S. The van der Waals surface area contributed by atoms with Gasteiger partial charge in [0.1, 0.15) is 0 Å². The van der Waals surface area contributed by atoms with Gasteiger partial charge in [-0.2, -0.15) is 0 Å². The van der Waals surface area contributed by atoms with Crippen molar-refractivity contribution in [2.45, 2.75) is 23.8 Å². The number of carbonyl (C=O) groups is 2. The Morgan fingerprint density at radius 2 is 2.05 bits per heavy atom. The molecule has 0 fully saturated rings. The van der Waals surface area contributed by atoms with Gasteiger partial charge >= 0.3 is 5.97 Å². The molecule has 0 aromatic heterocycles. The van der Waals surface area contributed by atoms with Crippen LogP contribution in [0.1, 0.15) is 12.8 Å². The molecule has 21 heavy (non-hydrogen) atoms. The smallest absolute Gasteiger partial charge is 0.330 e. The van der Waals surface area contributed by atoms with Crippen LogP contribution >= 0.6 is 23.4 Å². The molecule has 2 N–H and O–H groups in total. The Kier molecular flexibility index (Phi) is 8.19. The number of ether oxygens (including phenoxy) is 1. The Balaban J connectivity index is 2.24. The average molecular weight is 332 g/mol. The minimum absolute atomic E-state index is 0.281. The second-order valence-electron chi connectivity index (χ2n) is 4.23. The van der Waals surface area contributed by atoms with Crippen molar-refractivity contribution >= 4 is 35.2 Å². The summed E-state index contributed by atoms with van der Waals surface area (Å²) in [7, 11) is 1.21. The molecule has 1 atom stereocenters. The van der Waals surface area contributed by atoms with Crippen LogP contribution in [0.5, 0.6) is 0 Å². The normalized spacial score (nSPS) is 11.8. The van der Waals surface area contributed by atoms with Gasteiger partial charge in [0.15, 0.2) is 6.04 Å². The molecular weight excluding hydrogens is 314 g/mol. The summed E-state index contributed by atoms with van der Waals surface area (Å²) < 4.78 is 4.47. The molecule has 0 bridgehead atoms. The summed E-state index contributed by atoms with van der Waals surface area (Å²) in [5.74, 6) is -0.158. The molecule has 1 aromatic rings. The van der Waals surface area contributed by atoms with Gasteiger partial charge in [-0.1, -0.05) is 11.6 Å². The molecule has 1 aromatic carbocycles. The van der Waals surface area contributed by atoms with Crippen LogP contribution in [-0.4, -0.2) is 42.5 Å². The van der Waals surface area contributed by atoms with Crippen molar-refractivity contribution in [3.8, 4) is 0 Å². The molecule has 116 valence electrons. The topological polar surface area (TPSA) is 75.6 Å². The number of benzene rings is 1. The van der Waals surface area contributed by atoms with Crippen LogP contribution in [0, 0.1) is 0 Å². The largest absolute Gasteiger partial charge is 0.467 e. The summed E-state index contributed by atoms with van der Waals surface area (Å²) in [5.41, 5.74) is 0. The van der Waals surface area contributed by atoms with Crippen LogP contribution in [-0.2, 0) is 14.3 Å². The van der Waals surface area contributed by atoms with E-state index < -0.39 is 18.6 Å². The van der Waals surface area contributed by atoms with Gasteiger partial charge in [0.25, 0.3) is 0 Å². The summed E-state index contributed by atoms with van der Waals surface area (Å²) in [4.78, 5) is 23.9. The van der Waals surface area contributed by atoms with Crippen molar-refractivity contribution in [2.75, 3.05) is 19.5 Å². The number of thioether (sulfide) groups is 1. The van der Waals surface area contributed by atoms with E-state index in [0.29, 0.717) is 11.4 Å². The average Bonchev–Trinajstić information content (AvgIpc) is 2.50. The lowest BCUT2D eigenvalue weighted by atomic mass is 10.2. The molecule has 0 saturated carbocycles. The maximum atomic E-state index is 11.6. The Hall–Kier alpha value is -1.24. The first kappa shape index (κ1) is 17.8. The van der Waals surface area contributed by atoms with E-state index >= 15 is 0 Å². The predicted molar refractivity (Wildman–Crippen MR) is 82.4 cm³/mol. The Morgan fingerprint density at radius 3 is 2.62 bits per heavy atom. The molecule has 0 aliphatic carbocycles. The lowest BCUT2D eigenvalue weighted by Crippen LogP contribution is -2.43. The summed E-state index contributed by atoms with van der Waals surface area (Å²) >= 11 is 7.42. The molecule has 1 amide bonds. The van der Waals surface area contributed by atoms with Crippen molar-refractivity contribution in [1.29, 1.82) is 0 Å². The Morgan fingerprint density at radius 1 is 1.38 bits per heavy atom. The molecule has 1 rings (SSSR count). The van der Waals surface area contributed by atoms with Crippen LogP contribution in [0.4, 0.5) is 0 Å². The second kappa shape index (κ2) is 9.65. The third-order valence-corrected chi connectivity index (χ3v) is 3.98. The van der Waals surface area contributed by atoms with Crippen LogP contribution in [0.25, 0.3) is 0 Å². The highest BCUT2D eigenvalue weighted by molar-refractivity contribution is 7.99. The lowest BCUT2D eigenvalue weighted by Gasteiger charge is -2.13. The van der Waals surface area contributed by atoms with Gasteiger partial charge in [-0.25, -0.2) is 4.79 Å². The van der Waals surface area contributed by atoms with E-state index in [0.717, 1.165) is 10.6 Å². The van der Waals surface area contributed by atoms with Crippen LogP contribution < -0.4 is 5.32 Å². The van der Waals surface area contributed by atoms with Gasteiger partial charge in [-0.05, 0) is 36.4 Å². The lowest BCUT2D eigenvalue weighted by molar-refractivity contribution is -0.146. The van der Waals surface area contributed by atoms with E-state index in [9.17, 15) is 9.59 Å². The van der Waals surface area contributed by atoms with E-state index in [1.807, 2.05) is 24.3 Å². The van der Waals surface area contributed by atoms with E-state index in [1.54, 1.807) is 11.8 Å². The van der Waals surface area contributed by atoms with Crippen molar-refractivity contribution in [2.24, 2.45) is 0 Å². The molecule has 5 nitrogen and oxygen atoms in total. The maximum absolute atomic E-state index is 11.6. The van der Waals surface area contributed by atoms with Crippen LogP contribution in [0.3, 0.4) is 0 Å². The van der Waals surface area contributed by atoms with Gasteiger partial charge in [0.2, 0.25) is 5.91 Å². The fourth-order valence-electron chi connectivity index (χ4n) is 1.54. The number of aliphatic hydroxyl groups is 1.